The fourth-order valence-corrected chi connectivity index (χ4v) is 2.60. The predicted molar refractivity (Wildman–Crippen MR) is 60.6 cm³/mol. The molecule has 1 rings (SSSR count). The molecular weight excluding hydrogens is 226 g/mol. The number of nitrogens with one attached hydrogen (secondary N) is 1. The lowest BCUT2D eigenvalue weighted by molar-refractivity contribution is -0.118. The van der Waals surface area contributed by atoms with Gasteiger partial charge in [0, 0.05) is 6.42 Å². The molecule has 0 fully saturated rings. The first-order chi connectivity index (χ1) is 7.42. The van der Waals surface area contributed by atoms with Crippen molar-refractivity contribution in [3.63, 3.8) is 0 Å². The lowest BCUT2D eigenvalue weighted by Gasteiger charge is -2.03. The summed E-state index contributed by atoms with van der Waals surface area (Å²) in [6.45, 7) is 1.88. The highest BCUT2D eigenvalue weighted by molar-refractivity contribution is 7.91. The predicted octanol–water partition coefficient (Wildman–Crippen LogP) is 1.36. The maximum atomic E-state index is 11.8. The van der Waals surface area contributed by atoms with E-state index in [-0.39, 0.29) is 23.5 Å². The van der Waals surface area contributed by atoms with E-state index in [4.69, 9.17) is 5.73 Å². The fraction of sp³-hybridized carbons (Fsp3) is 0.364. The topological polar surface area (TPSA) is 75.0 Å². The van der Waals surface area contributed by atoms with Gasteiger partial charge in [-0.25, -0.2) is 8.42 Å². The lowest BCUT2D eigenvalue weighted by atomic mass is 10.2. The number of hydrogen-bond acceptors (Lipinski definition) is 3. The summed E-state index contributed by atoms with van der Waals surface area (Å²) >= 11 is 0. The Morgan fingerprint density at radius 1 is 1.25 bits per heavy atom. The van der Waals surface area contributed by atoms with Gasteiger partial charge in [-0.2, -0.15) is 0 Å². The maximum absolute atomic E-state index is 11.8. The van der Waals surface area contributed by atoms with Gasteiger partial charge in [0.1, 0.15) is 0 Å². The normalized spacial score (nSPS) is 11.3. The number of carbonyl (C=O) groups excluding carboxylic acids is 1. The second kappa shape index (κ2) is 5.12. The van der Waals surface area contributed by atoms with Gasteiger partial charge in [0.2, 0.25) is 5.91 Å². The number of amides is 1. The van der Waals surface area contributed by atoms with Crippen molar-refractivity contribution in [2.75, 3.05) is 5.75 Å². The van der Waals surface area contributed by atoms with Gasteiger partial charge < -0.3 is 0 Å². The Hall–Kier alpha value is -1.36. The molecule has 4 nitrogen and oxygen atoms in total. The van der Waals surface area contributed by atoms with Crippen LogP contribution >= 0.6 is 0 Å². The minimum Gasteiger partial charge on any atom is -0.273 e. The Labute approximate surface area is 95.4 Å². The largest absolute Gasteiger partial charge is 0.273 e. The number of rotatable bonds is 5. The van der Waals surface area contributed by atoms with Gasteiger partial charge >= 0.3 is 0 Å². The minimum atomic E-state index is -3.31. The summed E-state index contributed by atoms with van der Waals surface area (Å²) in [5.41, 5.74) is 7.68. The molecule has 1 amide bonds. The van der Waals surface area contributed by atoms with E-state index in [0.717, 1.165) is 5.56 Å². The molecule has 1 aromatic rings. The monoisotopic (exact) mass is 240 g/mol. The summed E-state index contributed by atoms with van der Waals surface area (Å²) in [4.78, 5) is 10.7. The van der Waals surface area contributed by atoms with Crippen LogP contribution in [0, 0.1) is 6.92 Å². The van der Waals surface area contributed by atoms with E-state index in [9.17, 15) is 13.2 Å². The molecule has 0 aliphatic rings. The summed E-state index contributed by atoms with van der Waals surface area (Å²) < 4.78 is 23.5. The van der Waals surface area contributed by atoms with Crippen molar-refractivity contribution < 1.29 is 13.2 Å². The van der Waals surface area contributed by atoms with Crippen LogP contribution in [0.3, 0.4) is 0 Å². The first kappa shape index (κ1) is 12.7. The molecule has 0 aliphatic carbocycles. The summed E-state index contributed by atoms with van der Waals surface area (Å²) in [5, 5.41) is 0. The zero-order chi connectivity index (χ0) is 12.2. The molecule has 0 heterocycles. The van der Waals surface area contributed by atoms with Crippen LogP contribution in [0.25, 0.3) is 0 Å². The SMILES string of the molecule is Cc1ccc(S(=O)(=O)CCCC([NH])=O)cc1. The van der Waals surface area contributed by atoms with Crippen molar-refractivity contribution in [3.05, 3.63) is 29.8 Å². The van der Waals surface area contributed by atoms with Crippen molar-refractivity contribution in [1.29, 1.82) is 0 Å². The number of carbonyl (C=O) groups is 1. The van der Waals surface area contributed by atoms with Crippen molar-refractivity contribution in [1.82, 2.24) is 5.73 Å². The first-order valence-electron chi connectivity index (χ1n) is 4.96. The van der Waals surface area contributed by atoms with Crippen LogP contribution in [-0.2, 0) is 14.6 Å². The number of aryl methyl sites for hydroxylation is 1. The third kappa shape index (κ3) is 3.66. The molecule has 1 radical (unpaired) electrons. The summed E-state index contributed by atoms with van der Waals surface area (Å²) in [6, 6.07) is 6.60. The Balaban J connectivity index is 2.71. The van der Waals surface area contributed by atoms with E-state index >= 15 is 0 Å². The average molecular weight is 240 g/mol. The van der Waals surface area contributed by atoms with Crippen LogP contribution in [-0.4, -0.2) is 20.1 Å². The molecule has 0 unspecified atom stereocenters. The molecule has 0 saturated heterocycles. The second-order valence-electron chi connectivity index (χ2n) is 3.66. The average Bonchev–Trinajstić information content (AvgIpc) is 2.17. The minimum absolute atomic E-state index is 0.00884. The number of hydrogen-bond donors (Lipinski definition) is 0. The van der Waals surface area contributed by atoms with E-state index in [1.807, 2.05) is 6.92 Å². The zero-order valence-electron chi connectivity index (χ0n) is 9.06. The molecule has 1 N–H and O–H groups in total. The zero-order valence-corrected chi connectivity index (χ0v) is 9.88. The van der Waals surface area contributed by atoms with Crippen LogP contribution in [0.4, 0.5) is 0 Å². The van der Waals surface area contributed by atoms with E-state index in [1.165, 1.54) is 0 Å². The van der Waals surface area contributed by atoms with Crippen LogP contribution in [0.1, 0.15) is 18.4 Å². The Kier molecular flexibility index (Phi) is 4.06. The van der Waals surface area contributed by atoms with E-state index in [0.29, 0.717) is 0 Å². The Morgan fingerprint density at radius 2 is 1.81 bits per heavy atom. The van der Waals surface area contributed by atoms with Gasteiger partial charge in [0.15, 0.2) is 9.84 Å². The summed E-state index contributed by atoms with van der Waals surface area (Å²) in [6.07, 6.45) is 0.198. The van der Waals surface area contributed by atoms with Gasteiger partial charge in [-0.3, -0.25) is 10.5 Å². The lowest BCUT2D eigenvalue weighted by Crippen LogP contribution is -2.09. The van der Waals surface area contributed by atoms with Gasteiger partial charge in [-0.05, 0) is 25.5 Å². The van der Waals surface area contributed by atoms with Crippen molar-refractivity contribution in [2.24, 2.45) is 0 Å². The molecule has 0 aromatic heterocycles. The highest BCUT2D eigenvalue weighted by atomic mass is 32.2. The second-order valence-corrected chi connectivity index (χ2v) is 5.77. The first-order valence-corrected chi connectivity index (χ1v) is 6.61. The van der Waals surface area contributed by atoms with Crippen LogP contribution in [0.15, 0.2) is 29.2 Å². The molecule has 16 heavy (non-hydrogen) atoms. The third-order valence-electron chi connectivity index (χ3n) is 2.20. The highest BCUT2D eigenvalue weighted by Crippen LogP contribution is 2.13. The van der Waals surface area contributed by atoms with Crippen LogP contribution in [0.2, 0.25) is 0 Å². The van der Waals surface area contributed by atoms with Crippen LogP contribution in [0.5, 0.6) is 0 Å². The molecule has 1 aromatic carbocycles. The molecule has 5 heteroatoms. The van der Waals surface area contributed by atoms with Gasteiger partial charge in [-0.15, -0.1) is 0 Å². The quantitative estimate of drug-likeness (QED) is 0.779. The van der Waals surface area contributed by atoms with E-state index in [1.54, 1.807) is 24.3 Å². The van der Waals surface area contributed by atoms with Gasteiger partial charge in [0.05, 0.1) is 10.6 Å². The molecule has 0 spiro atoms. The van der Waals surface area contributed by atoms with E-state index in [2.05, 4.69) is 0 Å². The van der Waals surface area contributed by atoms with Gasteiger partial charge in [-0.1, -0.05) is 17.7 Å². The van der Waals surface area contributed by atoms with Gasteiger partial charge in [0.25, 0.3) is 0 Å². The van der Waals surface area contributed by atoms with Crippen molar-refractivity contribution in [3.8, 4) is 0 Å². The Bertz CT molecular complexity index is 463. The molecule has 0 saturated carbocycles. The molecule has 0 bridgehead atoms. The third-order valence-corrected chi connectivity index (χ3v) is 4.01. The summed E-state index contributed by atoms with van der Waals surface area (Å²) in [5.74, 6) is -0.806. The van der Waals surface area contributed by atoms with Crippen molar-refractivity contribution >= 4 is 15.7 Å². The smallest absolute Gasteiger partial charge is 0.238 e. The fourth-order valence-electron chi connectivity index (χ4n) is 1.29. The molecule has 0 atom stereocenters. The molecule has 0 aliphatic heterocycles. The van der Waals surface area contributed by atoms with E-state index < -0.39 is 15.7 Å². The van der Waals surface area contributed by atoms with Crippen LogP contribution < -0.4 is 5.73 Å². The summed E-state index contributed by atoms with van der Waals surface area (Å²) in [7, 11) is -3.31. The number of sulfone groups is 1. The molecular formula is C11H14NO3S. The maximum Gasteiger partial charge on any atom is 0.238 e. The molecule has 87 valence electrons. The standard InChI is InChI=1S/C11H14NO3S/c1-9-4-6-10(7-5-9)16(14,15)8-2-3-11(12)13/h4-7,12H,2-3,8H2,1H3. The highest BCUT2D eigenvalue weighted by Gasteiger charge is 2.13. The number of benzene rings is 1. The Morgan fingerprint density at radius 3 is 2.31 bits per heavy atom. The van der Waals surface area contributed by atoms with Crippen molar-refractivity contribution in [2.45, 2.75) is 24.7 Å².